The lowest BCUT2D eigenvalue weighted by atomic mass is 9.84. The number of phenolic OH excluding ortho intramolecular Hbond substituents is 1. The Labute approximate surface area is 423 Å². The summed E-state index contributed by atoms with van der Waals surface area (Å²) in [6.45, 7) is 15.7. The third-order valence-corrected chi connectivity index (χ3v) is 15.7. The van der Waals surface area contributed by atoms with Crippen LogP contribution in [0.1, 0.15) is 123 Å². The number of nitrogens with zero attached hydrogens (tertiary/aromatic N) is 5. The first-order chi connectivity index (χ1) is 34.3. The Morgan fingerprint density at radius 3 is 2.49 bits per heavy atom. The molecule has 6 heterocycles. The van der Waals surface area contributed by atoms with Gasteiger partial charge in [0.15, 0.2) is 0 Å². The molecule has 0 radical (unpaired) electrons. The van der Waals surface area contributed by atoms with Crippen LogP contribution in [0.5, 0.6) is 5.75 Å². The van der Waals surface area contributed by atoms with E-state index in [1.54, 1.807) is 35.2 Å². The highest BCUT2D eigenvalue weighted by atomic mass is 16.6. The van der Waals surface area contributed by atoms with Gasteiger partial charge < -0.3 is 39.0 Å². The number of cyclic esters (lactones) is 1. The molecule has 4 aromatic rings. The van der Waals surface area contributed by atoms with Crippen LogP contribution in [0.15, 0.2) is 54.7 Å². The number of likely N-dealkylation sites (tertiary alicyclic amines) is 2. The van der Waals surface area contributed by atoms with Crippen LogP contribution in [0.4, 0.5) is 4.79 Å². The molecule has 16 nitrogen and oxygen atoms in total. The number of amides is 4. The summed E-state index contributed by atoms with van der Waals surface area (Å²) in [6.07, 6.45) is 6.89. The zero-order valence-electron chi connectivity index (χ0n) is 43.3. The summed E-state index contributed by atoms with van der Waals surface area (Å²) < 4.78 is 20.0. The number of carbonyl (C=O) groups is 5. The van der Waals surface area contributed by atoms with Gasteiger partial charge in [0.05, 0.1) is 29.5 Å². The van der Waals surface area contributed by atoms with Gasteiger partial charge in [0.2, 0.25) is 11.8 Å². The fourth-order valence-corrected chi connectivity index (χ4v) is 12.1. The van der Waals surface area contributed by atoms with Crippen LogP contribution in [0.3, 0.4) is 0 Å². The van der Waals surface area contributed by atoms with E-state index < -0.39 is 58.4 Å². The number of fused-ring (bicyclic) bond motifs is 6. The summed E-state index contributed by atoms with van der Waals surface area (Å²) in [7, 11) is 1.68. The predicted molar refractivity (Wildman–Crippen MR) is 272 cm³/mol. The largest absolute Gasteiger partial charge is 0.508 e. The number of carbonyl (C=O) groups excluding carboxylic acids is 5. The summed E-state index contributed by atoms with van der Waals surface area (Å²) >= 11 is 0. The molecular formula is C56H73N7O9. The van der Waals surface area contributed by atoms with Gasteiger partial charge in [-0.1, -0.05) is 38.8 Å². The van der Waals surface area contributed by atoms with Crippen molar-refractivity contribution in [1.29, 1.82) is 0 Å². The van der Waals surface area contributed by atoms with Crippen molar-refractivity contribution in [3.8, 4) is 28.1 Å². The van der Waals surface area contributed by atoms with Gasteiger partial charge in [-0.25, -0.2) is 10.2 Å². The first-order valence-corrected chi connectivity index (χ1v) is 26.1. The van der Waals surface area contributed by atoms with Crippen LogP contribution in [0, 0.1) is 16.7 Å². The number of nitrogens with one attached hydrogen (secondary N) is 2. The zero-order chi connectivity index (χ0) is 51.3. The second-order valence-electron chi connectivity index (χ2n) is 22.7. The van der Waals surface area contributed by atoms with Crippen molar-refractivity contribution in [2.75, 3.05) is 39.9 Å². The van der Waals surface area contributed by atoms with E-state index in [4.69, 9.17) is 19.2 Å². The van der Waals surface area contributed by atoms with Crippen molar-refractivity contribution in [3.05, 3.63) is 71.5 Å². The summed E-state index contributed by atoms with van der Waals surface area (Å²) in [4.78, 5) is 80.2. The number of rotatable bonds is 8. The number of pyridine rings is 1. The van der Waals surface area contributed by atoms with E-state index in [9.17, 15) is 19.5 Å². The molecule has 2 aromatic carbocycles. The summed E-state index contributed by atoms with van der Waals surface area (Å²) in [5, 5.41) is 17.1. The molecule has 4 amide bonds. The molecule has 4 aliphatic heterocycles. The van der Waals surface area contributed by atoms with Crippen LogP contribution in [-0.2, 0) is 52.8 Å². The molecule has 6 bridgehead atoms. The lowest BCUT2D eigenvalue weighted by Crippen LogP contribution is -2.62. The highest BCUT2D eigenvalue weighted by Crippen LogP contribution is 2.45. The molecule has 4 fully saturated rings. The number of aromatic hydroxyl groups is 1. The second-order valence-corrected chi connectivity index (χ2v) is 22.7. The molecule has 386 valence electrons. The molecule has 3 saturated heterocycles. The van der Waals surface area contributed by atoms with Crippen molar-refractivity contribution in [2.45, 2.75) is 149 Å². The minimum atomic E-state index is -1.14. The van der Waals surface area contributed by atoms with E-state index in [-0.39, 0.29) is 49.8 Å². The minimum absolute atomic E-state index is 0.00365. The van der Waals surface area contributed by atoms with Crippen LogP contribution in [0.25, 0.3) is 33.3 Å². The van der Waals surface area contributed by atoms with E-state index in [1.807, 2.05) is 45.9 Å². The van der Waals surface area contributed by atoms with E-state index >= 15 is 9.59 Å². The lowest BCUT2D eigenvalue weighted by molar-refractivity contribution is -0.155. The number of hydrazine groups is 1. The van der Waals surface area contributed by atoms with Gasteiger partial charge in [-0.3, -0.25) is 29.2 Å². The van der Waals surface area contributed by atoms with Gasteiger partial charge >= 0.3 is 12.1 Å². The van der Waals surface area contributed by atoms with Crippen molar-refractivity contribution in [1.82, 2.24) is 35.1 Å². The van der Waals surface area contributed by atoms with Gasteiger partial charge in [0, 0.05) is 74.3 Å². The maximum Gasteiger partial charge on any atom is 0.410 e. The Bertz CT molecular complexity index is 2740. The number of ether oxygens (including phenoxy) is 3. The quantitative estimate of drug-likeness (QED) is 0.146. The van der Waals surface area contributed by atoms with E-state index in [0.29, 0.717) is 57.3 Å². The van der Waals surface area contributed by atoms with Crippen molar-refractivity contribution < 1.29 is 43.3 Å². The molecule has 1 saturated carbocycles. The van der Waals surface area contributed by atoms with Crippen LogP contribution in [-0.4, -0.2) is 123 Å². The zero-order valence-corrected chi connectivity index (χ0v) is 43.3. The van der Waals surface area contributed by atoms with Crippen molar-refractivity contribution in [2.24, 2.45) is 16.7 Å². The molecule has 0 unspecified atom stereocenters. The average Bonchev–Trinajstić information content (AvgIpc) is 4.16. The molecule has 5 atom stereocenters. The fraction of sp³-hybridized carbons (Fsp3) is 0.571. The van der Waals surface area contributed by atoms with Gasteiger partial charge in [0.25, 0.3) is 5.91 Å². The topological polar surface area (TPSA) is 185 Å². The predicted octanol–water partition coefficient (Wildman–Crippen LogP) is 7.87. The second kappa shape index (κ2) is 20.1. The van der Waals surface area contributed by atoms with E-state index in [1.165, 1.54) is 5.01 Å². The lowest BCUT2D eigenvalue weighted by Gasteiger charge is -2.37. The third-order valence-electron chi connectivity index (χ3n) is 15.7. The molecule has 3 N–H and O–H groups in total. The number of aromatic nitrogens is 2. The first kappa shape index (κ1) is 50.9. The molecule has 5 aliphatic rings. The van der Waals surface area contributed by atoms with E-state index in [0.717, 1.165) is 70.2 Å². The highest BCUT2D eigenvalue weighted by Gasteiger charge is 2.55. The minimum Gasteiger partial charge on any atom is -0.508 e. The Hall–Kier alpha value is -6.00. The smallest absolute Gasteiger partial charge is 0.410 e. The molecule has 2 aromatic heterocycles. The van der Waals surface area contributed by atoms with Gasteiger partial charge in [-0.2, -0.15) is 0 Å². The Balaban J connectivity index is 1.09. The molecule has 72 heavy (non-hydrogen) atoms. The van der Waals surface area contributed by atoms with Crippen molar-refractivity contribution >= 4 is 40.7 Å². The Morgan fingerprint density at radius 1 is 0.986 bits per heavy atom. The molecule has 1 aliphatic carbocycles. The number of hydrogen-bond donors (Lipinski definition) is 3. The van der Waals surface area contributed by atoms with Gasteiger partial charge in [0.1, 0.15) is 29.5 Å². The molecule has 1 spiro atoms. The number of phenols is 1. The molecule has 9 rings (SSSR count). The first-order valence-electron chi connectivity index (χ1n) is 26.1. The normalized spacial score (nSPS) is 23.9. The SMILES string of the molecule is CCn1c(-c2cccnc2[C@H](C)OC)c2c3cc(ccc31)-c1cc(O)cc(c1)C[C@H](NC(=O)[C@H](C1CCCC1)N1CC[C@]3(CCN(C(=O)OC(C)(C)C)C3)C1=O)C(=O)N1CCC[C@H](N1)C(=O)OCC(C)(C)C2. The number of methoxy groups -OCH3 is 1. The van der Waals surface area contributed by atoms with Crippen LogP contribution >= 0.6 is 0 Å². The summed E-state index contributed by atoms with van der Waals surface area (Å²) in [6, 6.07) is 12.8. The number of aryl methyl sites for hydroxylation is 1. The molecule has 16 heteroatoms. The number of esters is 1. The standard InChI is InChI=1S/C56H73N7O9/c1-9-61-45-19-18-37-30-41(45)42(48(61)40-16-12-22-57-46(40)34(2)70-8)31-55(6,7)33-71-51(67)43-17-13-23-63(59-43)50(66)44(28-35-26-38(37)29-39(64)27-35)58-49(65)47(36-14-10-11-15-36)62-25-21-56(52(62)68)20-24-60(32-56)53(69)72-54(3,4)5/h12,16,18-19,22,26-27,29-30,34,36,43-44,47,59,64H,9-11,13-15,17,20-21,23-25,28,31-33H2,1-8H3,(H,58,65)/t34-,43-,44-,47-,56-/m0/s1. The fourth-order valence-electron chi connectivity index (χ4n) is 12.1. The number of hydrogen-bond acceptors (Lipinski definition) is 11. The van der Waals surface area contributed by atoms with E-state index in [2.05, 4.69) is 54.3 Å². The Morgan fingerprint density at radius 2 is 1.75 bits per heavy atom. The van der Waals surface area contributed by atoms with Gasteiger partial charge in [-0.15, -0.1) is 0 Å². The van der Waals surface area contributed by atoms with Crippen molar-refractivity contribution in [3.63, 3.8) is 0 Å². The number of benzene rings is 2. The van der Waals surface area contributed by atoms with Crippen LogP contribution in [0.2, 0.25) is 0 Å². The summed E-state index contributed by atoms with van der Waals surface area (Å²) in [5.74, 6) is -1.60. The Kier molecular flexibility index (Phi) is 14.2. The average molecular weight is 988 g/mol. The maximum atomic E-state index is 15.1. The maximum absolute atomic E-state index is 15.1. The van der Waals surface area contributed by atoms with Crippen LogP contribution < -0.4 is 10.7 Å². The highest BCUT2D eigenvalue weighted by molar-refractivity contribution is 5.97. The monoisotopic (exact) mass is 988 g/mol. The summed E-state index contributed by atoms with van der Waals surface area (Å²) in [5.41, 5.74) is 8.16. The van der Waals surface area contributed by atoms with Gasteiger partial charge in [-0.05, 0) is 144 Å². The third kappa shape index (κ3) is 10.2. The molecular weight excluding hydrogens is 915 g/mol.